The van der Waals surface area contributed by atoms with Gasteiger partial charge in [-0.1, -0.05) is 46.7 Å². The van der Waals surface area contributed by atoms with Crippen LogP contribution in [0, 0.1) is 20.8 Å². The average Bonchev–Trinajstić information content (AvgIpc) is 3.62. The number of carbonyl (C=O) groups is 2. The first kappa shape index (κ1) is 41.0. The van der Waals surface area contributed by atoms with Crippen LogP contribution in [0.4, 0.5) is 22.5 Å². The minimum Gasteiger partial charge on any atom is -0.423 e. The van der Waals surface area contributed by atoms with Crippen molar-refractivity contribution in [3.05, 3.63) is 81.1 Å². The second-order valence-corrected chi connectivity index (χ2v) is 14.0. The molecule has 0 aliphatic carbocycles. The first-order valence-electron chi connectivity index (χ1n) is 17.7. The van der Waals surface area contributed by atoms with E-state index in [1.165, 1.54) is 23.6 Å². The normalized spacial score (nSPS) is 13.2. The average molecular weight is 781 g/mol. The van der Waals surface area contributed by atoms with Crippen LogP contribution in [0.15, 0.2) is 48.7 Å². The molecule has 0 bridgehead atoms. The zero-order valence-corrected chi connectivity index (χ0v) is 32.2. The van der Waals surface area contributed by atoms with Crippen molar-refractivity contribution < 1.29 is 33.8 Å². The number of thiazole rings is 1. The predicted octanol–water partition coefficient (Wildman–Crippen LogP) is 2.79. The Morgan fingerprint density at radius 3 is 2.33 bits per heavy atom. The van der Waals surface area contributed by atoms with Gasteiger partial charge in [-0.15, -0.1) is 0 Å². The monoisotopic (exact) mass is 780 g/mol. The molecule has 1 fully saturated rings. The molecule has 1 aliphatic heterocycles. The molecule has 2 aromatic heterocycles. The lowest BCUT2D eigenvalue weighted by Crippen LogP contribution is -2.47. The van der Waals surface area contributed by atoms with Crippen molar-refractivity contribution in [2.45, 2.75) is 20.8 Å². The summed E-state index contributed by atoms with van der Waals surface area (Å²) in [6.07, 6.45) is 1.53. The third kappa shape index (κ3) is 12.2. The number of nitrogens with one attached hydrogen (secondary N) is 3. The molecule has 1 aliphatic rings. The molecular formula is C36H46BClN8O7S. The van der Waals surface area contributed by atoms with Gasteiger partial charge in [0.15, 0.2) is 5.13 Å². The number of hydrogen-bond donors (Lipinski definition) is 5. The molecule has 2 aromatic carbocycles. The third-order valence-electron chi connectivity index (χ3n) is 8.59. The minimum atomic E-state index is -1.63. The maximum absolute atomic E-state index is 12.9. The molecule has 18 heteroatoms. The van der Waals surface area contributed by atoms with Gasteiger partial charge in [-0.2, -0.15) is 0 Å². The van der Waals surface area contributed by atoms with Crippen molar-refractivity contribution in [1.29, 1.82) is 0 Å². The highest BCUT2D eigenvalue weighted by molar-refractivity contribution is 7.17. The van der Waals surface area contributed by atoms with Crippen molar-refractivity contribution in [2.75, 3.05) is 94.4 Å². The second kappa shape index (κ2) is 20.5. The van der Waals surface area contributed by atoms with Gasteiger partial charge in [0.2, 0.25) is 0 Å². The predicted molar refractivity (Wildman–Crippen MR) is 211 cm³/mol. The summed E-state index contributed by atoms with van der Waals surface area (Å²) in [4.78, 5) is 43.8. The van der Waals surface area contributed by atoms with Gasteiger partial charge in [-0.3, -0.25) is 14.5 Å². The van der Waals surface area contributed by atoms with Crippen LogP contribution in [0.2, 0.25) is 5.02 Å². The number of amides is 2. The first-order valence-corrected chi connectivity index (χ1v) is 18.9. The van der Waals surface area contributed by atoms with E-state index >= 15 is 0 Å². The summed E-state index contributed by atoms with van der Waals surface area (Å²) in [5.74, 6) is 1.48. The van der Waals surface area contributed by atoms with Crippen LogP contribution in [0.5, 0.6) is 0 Å². The fraction of sp³-hybridized carbons (Fsp3) is 0.417. The molecule has 3 heterocycles. The van der Waals surface area contributed by atoms with E-state index in [0.717, 1.165) is 44.1 Å². The zero-order chi connectivity index (χ0) is 38.5. The van der Waals surface area contributed by atoms with Gasteiger partial charge >= 0.3 is 7.12 Å². The van der Waals surface area contributed by atoms with Gasteiger partial charge in [0.05, 0.1) is 56.5 Å². The van der Waals surface area contributed by atoms with E-state index in [1.54, 1.807) is 25.1 Å². The summed E-state index contributed by atoms with van der Waals surface area (Å²) >= 11 is 7.50. The lowest BCUT2D eigenvalue weighted by Gasteiger charge is -2.35. The van der Waals surface area contributed by atoms with Crippen LogP contribution < -0.4 is 26.3 Å². The molecule has 5 N–H and O–H groups in total. The van der Waals surface area contributed by atoms with Crippen LogP contribution in [-0.4, -0.2) is 128 Å². The summed E-state index contributed by atoms with van der Waals surface area (Å²) in [5, 5.41) is 28.7. The largest absolute Gasteiger partial charge is 0.488 e. The number of aromatic nitrogens is 3. The third-order valence-corrected chi connectivity index (χ3v) is 9.82. The molecule has 5 rings (SSSR count). The maximum Gasteiger partial charge on any atom is 0.488 e. The van der Waals surface area contributed by atoms with E-state index in [-0.39, 0.29) is 11.8 Å². The van der Waals surface area contributed by atoms with E-state index < -0.39 is 7.12 Å². The number of ether oxygens (including phenoxy) is 3. The first-order chi connectivity index (χ1) is 26.1. The van der Waals surface area contributed by atoms with Crippen molar-refractivity contribution in [2.24, 2.45) is 0 Å². The van der Waals surface area contributed by atoms with Crippen molar-refractivity contribution in [3.8, 4) is 0 Å². The Kier molecular flexibility index (Phi) is 15.5. The summed E-state index contributed by atoms with van der Waals surface area (Å²) in [7, 11) is -1.63. The van der Waals surface area contributed by atoms with Gasteiger partial charge in [0.25, 0.3) is 11.8 Å². The Morgan fingerprint density at radius 1 is 0.889 bits per heavy atom. The van der Waals surface area contributed by atoms with E-state index in [1.807, 2.05) is 32.0 Å². The summed E-state index contributed by atoms with van der Waals surface area (Å²) in [5.41, 5.74) is 2.82. The van der Waals surface area contributed by atoms with Crippen LogP contribution in [-0.2, 0) is 14.2 Å². The highest BCUT2D eigenvalue weighted by atomic mass is 35.5. The fourth-order valence-corrected chi connectivity index (χ4v) is 6.61. The number of nitrogens with zero attached hydrogens (tertiary/aromatic N) is 5. The summed E-state index contributed by atoms with van der Waals surface area (Å²) in [6, 6.07) is 12.2. The van der Waals surface area contributed by atoms with Gasteiger partial charge in [-0.05, 0) is 50.0 Å². The summed E-state index contributed by atoms with van der Waals surface area (Å²) in [6.45, 7) is 12.7. The fourth-order valence-electron chi connectivity index (χ4n) is 5.62. The number of benzene rings is 2. The minimum absolute atomic E-state index is 0.283. The number of para-hydroxylation sites is 1. The molecule has 0 saturated carbocycles. The molecule has 288 valence electrons. The molecule has 2 amide bonds. The Hall–Kier alpha value is -4.20. The van der Waals surface area contributed by atoms with E-state index in [2.05, 4.69) is 40.7 Å². The van der Waals surface area contributed by atoms with Gasteiger partial charge in [0, 0.05) is 50.9 Å². The quantitative estimate of drug-likeness (QED) is 0.0693. The number of hydrogen-bond acceptors (Lipinski definition) is 14. The van der Waals surface area contributed by atoms with E-state index in [4.69, 9.17) is 25.8 Å². The number of anilines is 4. The number of aryl methyl sites for hydroxylation is 3. The second-order valence-electron chi connectivity index (χ2n) is 12.6. The smallest absolute Gasteiger partial charge is 0.423 e. The lowest BCUT2D eigenvalue weighted by atomic mass is 9.76. The molecule has 15 nitrogen and oxygen atoms in total. The Bertz CT molecular complexity index is 1840. The standard InChI is InChI=1S/C36H46BClN8O7S/c1-24-7-8-27(21-28(24)37(49)50)34(47)39-9-15-51-17-19-53-20-18-52-16-14-45-10-12-46(13-11-45)32-22-31(41-26(3)42-32)43-36-40-23-30(54-36)35(48)44-33-25(2)5-4-6-29(33)38/h4-8,21-23,49-50H,9-20H2,1-3H3,(H,39,47)(H,44,48)(H,40,41,42,43). The number of halogens is 1. The lowest BCUT2D eigenvalue weighted by molar-refractivity contribution is 0.0109. The maximum atomic E-state index is 12.9. The Morgan fingerprint density at radius 2 is 1.61 bits per heavy atom. The molecule has 54 heavy (non-hydrogen) atoms. The SMILES string of the molecule is Cc1nc(Nc2ncc(C(=O)Nc3c(C)cccc3Cl)s2)cc(N2CCN(CCOCCOCCOCCNC(=O)c3ccc(C)c(B(O)O)c3)CC2)n1. The van der Waals surface area contributed by atoms with Crippen LogP contribution >= 0.6 is 22.9 Å². The van der Waals surface area contributed by atoms with Gasteiger partial charge in [0.1, 0.15) is 22.3 Å². The summed E-state index contributed by atoms with van der Waals surface area (Å²) < 4.78 is 16.9. The molecular weight excluding hydrogens is 735 g/mol. The molecule has 1 saturated heterocycles. The van der Waals surface area contributed by atoms with Gasteiger partial charge < -0.3 is 45.1 Å². The highest BCUT2D eigenvalue weighted by Crippen LogP contribution is 2.28. The number of piperazine rings is 1. The molecule has 4 aromatic rings. The topological polar surface area (TPSA) is 184 Å². The molecule has 0 radical (unpaired) electrons. The zero-order valence-electron chi connectivity index (χ0n) is 30.6. The van der Waals surface area contributed by atoms with Crippen LogP contribution in [0.3, 0.4) is 0 Å². The molecule has 0 spiro atoms. The number of rotatable bonds is 19. The van der Waals surface area contributed by atoms with Crippen LogP contribution in [0.25, 0.3) is 0 Å². The van der Waals surface area contributed by atoms with E-state index in [0.29, 0.717) is 95.1 Å². The van der Waals surface area contributed by atoms with Crippen molar-refractivity contribution in [3.63, 3.8) is 0 Å². The highest BCUT2D eigenvalue weighted by Gasteiger charge is 2.20. The van der Waals surface area contributed by atoms with Crippen LogP contribution in [0.1, 0.15) is 37.0 Å². The number of carbonyl (C=O) groups excluding carboxylic acids is 2. The Labute approximate surface area is 324 Å². The molecule has 0 atom stereocenters. The van der Waals surface area contributed by atoms with E-state index in [9.17, 15) is 19.6 Å². The van der Waals surface area contributed by atoms with Gasteiger partial charge in [-0.25, -0.2) is 15.0 Å². The van der Waals surface area contributed by atoms with Crippen molar-refractivity contribution >= 4 is 69.8 Å². The Balaban J connectivity index is 0.917. The van der Waals surface area contributed by atoms with Crippen molar-refractivity contribution in [1.82, 2.24) is 25.2 Å². The molecule has 0 unspecified atom stereocenters.